The minimum Gasteiger partial charge on any atom is -0.440 e. The van der Waals surface area contributed by atoms with E-state index in [9.17, 15) is 4.79 Å². The summed E-state index contributed by atoms with van der Waals surface area (Å²) in [5.41, 5.74) is 0. The maximum Gasteiger partial charge on any atom is 0.336 e. The summed E-state index contributed by atoms with van der Waals surface area (Å²) >= 11 is 0. The molecular weight excluding hydrogens is 207 g/mol. The van der Waals surface area contributed by atoms with E-state index in [0.29, 0.717) is 6.47 Å². The van der Waals surface area contributed by atoms with Crippen molar-refractivity contribution < 1.29 is 23.1 Å². The van der Waals surface area contributed by atoms with Crippen molar-refractivity contribution >= 4 is 15.1 Å². The van der Waals surface area contributed by atoms with Gasteiger partial charge in [0.05, 0.1) is 12.2 Å². The highest BCUT2D eigenvalue weighted by atomic mass is 31.2. The summed E-state index contributed by atoms with van der Waals surface area (Å²) in [5, 5.41) is 0. The fourth-order valence-electron chi connectivity index (χ4n) is 0.531. The summed E-state index contributed by atoms with van der Waals surface area (Å²) in [7, 11) is -1.44. The molecule has 0 rings (SSSR count). The van der Waals surface area contributed by atoms with Gasteiger partial charge in [-0.1, -0.05) is 0 Å². The van der Waals surface area contributed by atoms with Gasteiger partial charge in [0.2, 0.25) is 0 Å². The molecule has 0 atom stereocenters. The first-order chi connectivity index (χ1) is 6.56. The maximum atomic E-state index is 9.85. The van der Waals surface area contributed by atoms with Gasteiger partial charge < -0.3 is 13.8 Å². The number of hydrogen-bond donors (Lipinski definition) is 0. The third-order valence-electron chi connectivity index (χ3n) is 0.888. The molecule has 6 heteroatoms. The molecule has 0 aliphatic rings. The van der Waals surface area contributed by atoms with E-state index >= 15 is 0 Å². The van der Waals surface area contributed by atoms with E-state index in [-0.39, 0.29) is 19.0 Å². The van der Waals surface area contributed by atoms with E-state index in [1.54, 1.807) is 0 Å². The highest BCUT2D eigenvalue weighted by molar-refractivity contribution is 7.41. The smallest absolute Gasteiger partial charge is 0.336 e. The Hall–Kier alpha value is -0.220. The largest absolute Gasteiger partial charge is 0.440 e. The van der Waals surface area contributed by atoms with Crippen molar-refractivity contribution in [1.29, 1.82) is 0 Å². The van der Waals surface area contributed by atoms with Gasteiger partial charge in [0, 0.05) is 0 Å². The van der Waals surface area contributed by atoms with E-state index in [1.165, 1.54) is 0 Å². The first kappa shape index (κ1) is 13.8. The van der Waals surface area contributed by atoms with Gasteiger partial charge in [-0.3, -0.25) is 9.32 Å². The number of ether oxygens (including phenoxy) is 1. The van der Waals surface area contributed by atoms with Crippen molar-refractivity contribution in [1.82, 2.24) is 0 Å². The van der Waals surface area contributed by atoms with Crippen molar-refractivity contribution in [2.45, 2.75) is 39.9 Å². The van der Waals surface area contributed by atoms with E-state index in [4.69, 9.17) is 13.6 Å². The van der Waals surface area contributed by atoms with Crippen LogP contribution in [0.1, 0.15) is 27.7 Å². The molecule has 0 amide bonds. The fraction of sp³-hybridized carbons (Fsp3) is 0.875. The van der Waals surface area contributed by atoms with Crippen molar-refractivity contribution in [3.8, 4) is 0 Å². The van der Waals surface area contributed by atoms with Crippen LogP contribution in [-0.2, 0) is 23.1 Å². The zero-order valence-electron chi connectivity index (χ0n) is 8.93. The normalized spacial score (nSPS) is 11.4. The molecule has 0 heterocycles. The fourth-order valence-corrected chi connectivity index (χ4v) is 1.54. The monoisotopic (exact) mass is 224 g/mol. The lowest BCUT2D eigenvalue weighted by Gasteiger charge is -2.19. The highest BCUT2D eigenvalue weighted by Crippen LogP contribution is 2.42. The first-order valence-electron chi connectivity index (χ1n) is 4.38. The van der Waals surface area contributed by atoms with Crippen LogP contribution in [0.15, 0.2) is 0 Å². The first-order valence-corrected chi connectivity index (χ1v) is 5.47. The molecule has 0 saturated heterocycles. The summed E-state index contributed by atoms with van der Waals surface area (Å²) < 4.78 is 20.1. The minimum absolute atomic E-state index is 0.0103. The van der Waals surface area contributed by atoms with Crippen molar-refractivity contribution in [3.05, 3.63) is 0 Å². The third-order valence-corrected chi connectivity index (χ3v) is 2.39. The topological polar surface area (TPSA) is 54.0 Å². The summed E-state index contributed by atoms with van der Waals surface area (Å²) in [4.78, 5) is 9.85. The van der Waals surface area contributed by atoms with Crippen molar-refractivity contribution in [3.63, 3.8) is 0 Å². The molecule has 0 saturated carbocycles. The molecule has 0 spiro atoms. The lowest BCUT2D eigenvalue weighted by Crippen LogP contribution is -2.07. The minimum atomic E-state index is -1.44. The summed E-state index contributed by atoms with van der Waals surface area (Å²) in [5.74, 6) is 0. The van der Waals surface area contributed by atoms with Crippen LogP contribution in [0.2, 0.25) is 0 Å². The van der Waals surface area contributed by atoms with Crippen LogP contribution in [0, 0.1) is 0 Å². The molecule has 0 unspecified atom stereocenters. The van der Waals surface area contributed by atoms with Crippen LogP contribution in [0.25, 0.3) is 0 Å². The Kier molecular flexibility index (Phi) is 7.99. The van der Waals surface area contributed by atoms with Gasteiger partial charge in [-0.25, -0.2) is 0 Å². The SMILES string of the molecule is CC(C)OP(OCOC=O)OC(C)C. The van der Waals surface area contributed by atoms with Gasteiger partial charge in [0.25, 0.3) is 6.47 Å². The van der Waals surface area contributed by atoms with E-state index < -0.39 is 8.60 Å². The molecule has 14 heavy (non-hydrogen) atoms. The predicted molar refractivity (Wildman–Crippen MR) is 52.5 cm³/mol. The second-order valence-corrected chi connectivity index (χ2v) is 4.17. The molecule has 0 bridgehead atoms. The van der Waals surface area contributed by atoms with Gasteiger partial charge in [0.1, 0.15) is 0 Å². The van der Waals surface area contributed by atoms with E-state index in [2.05, 4.69) is 4.74 Å². The van der Waals surface area contributed by atoms with Gasteiger partial charge in [0.15, 0.2) is 6.79 Å². The van der Waals surface area contributed by atoms with E-state index in [0.717, 1.165) is 0 Å². The molecule has 0 aliphatic heterocycles. The maximum absolute atomic E-state index is 9.85. The molecule has 0 aromatic carbocycles. The Morgan fingerprint density at radius 2 is 1.64 bits per heavy atom. The molecule has 0 radical (unpaired) electrons. The van der Waals surface area contributed by atoms with Crippen LogP contribution in [0.5, 0.6) is 0 Å². The Morgan fingerprint density at radius 1 is 1.14 bits per heavy atom. The van der Waals surface area contributed by atoms with Crippen molar-refractivity contribution in [2.24, 2.45) is 0 Å². The Balaban J connectivity index is 3.77. The highest BCUT2D eigenvalue weighted by Gasteiger charge is 2.16. The van der Waals surface area contributed by atoms with Gasteiger partial charge >= 0.3 is 8.60 Å². The molecule has 0 aliphatic carbocycles. The van der Waals surface area contributed by atoms with Crippen LogP contribution >= 0.6 is 8.60 Å². The molecule has 5 nitrogen and oxygen atoms in total. The van der Waals surface area contributed by atoms with Crippen LogP contribution in [-0.4, -0.2) is 25.5 Å². The van der Waals surface area contributed by atoms with Gasteiger partial charge in [-0.2, -0.15) is 0 Å². The number of hydrogen-bond acceptors (Lipinski definition) is 5. The van der Waals surface area contributed by atoms with Gasteiger partial charge in [-0.15, -0.1) is 0 Å². The zero-order valence-corrected chi connectivity index (χ0v) is 9.82. The zero-order chi connectivity index (χ0) is 11.0. The van der Waals surface area contributed by atoms with E-state index in [1.807, 2.05) is 27.7 Å². The standard InChI is InChI=1S/C8H17O5P/c1-7(2)12-14(13-8(3)4)11-6-10-5-9/h5,7-8H,6H2,1-4H3. The number of carbonyl (C=O) groups is 1. The summed E-state index contributed by atoms with van der Waals surface area (Å²) in [6.07, 6.45) is 0.0205. The predicted octanol–water partition coefficient (Wildman–Crippen LogP) is 2.21. The Labute approximate surface area is 85.7 Å². The van der Waals surface area contributed by atoms with Crippen LogP contribution < -0.4 is 0 Å². The average Bonchev–Trinajstić information content (AvgIpc) is 2.02. The molecule has 0 aromatic heterocycles. The Morgan fingerprint density at radius 3 is 2.00 bits per heavy atom. The Bertz CT molecular complexity index is 141. The average molecular weight is 224 g/mol. The molecule has 0 N–H and O–H groups in total. The second-order valence-electron chi connectivity index (χ2n) is 3.04. The summed E-state index contributed by atoms with van der Waals surface area (Å²) in [6, 6.07) is 0. The second kappa shape index (κ2) is 8.12. The van der Waals surface area contributed by atoms with Crippen molar-refractivity contribution in [2.75, 3.05) is 6.79 Å². The number of carbonyl (C=O) groups excluding carboxylic acids is 1. The summed E-state index contributed by atoms with van der Waals surface area (Å²) in [6.45, 7) is 7.69. The third kappa shape index (κ3) is 8.38. The van der Waals surface area contributed by atoms with Crippen LogP contribution in [0.3, 0.4) is 0 Å². The molecule has 0 aromatic rings. The molecular formula is C8H17O5P. The van der Waals surface area contributed by atoms with Crippen LogP contribution in [0.4, 0.5) is 0 Å². The number of rotatable bonds is 8. The lowest BCUT2D eigenvalue weighted by molar-refractivity contribution is -0.135. The lowest BCUT2D eigenvalue weighted by atomic mass is 10.5. The molecule has 0 fully saturated rings. The molecule has 84 valence electrons. The van der Waals surface area contributed by atoms with Gasteiger partial charge in [-0.05, 0) is 27.7 Å². The quantitative estimate of drug-likeness (QED) is 0.274.